The van der Waals surface area contributed by atoms with E-state index in [9.17, 15) is 14.4 Å². The molecule has 0 aliphatic heterocycles. The number of Topliss-reactive ketones (excluding diaryl/α,β-unsaturated/α-hetero) is 1. The summed E-state index contributed by atoms with van der Waals surface area (Å²) in [6.45, 7) is 4.85. The van der Waals surface area contributed by atoms with Crippen molar-refractivity contribution in [2.24, 2.45) is 0 Å². The lowest BCUT2D eigenvalue weighted by atomic mass is 10.1. The summed E-state index contributed by atoms with van der Waals surface area (Å²) in [6, 6.07) is 13.5. The van der Waals surface area contributed by atoms with Crippen molar-refractivity contribution in [3.05, 3.63) is 65.2 Å². The van der Waals surface area contributed by atoms with Gasteiger partial charge in [0.05, 0.1) is 5.56 Å². The van der Waals surface area contributed by atoms with E-state index >= 15 is 0 Å². The number of rotatable bonds is 5. The number of hydrogen-bond acceptors (Lipinski definition) is 4. The molecule has 0 fully saturated rings. The highest BCUT2D eigenvalue weighted by Crippen LogP contribution is 2.14. The minimum absolute atomic E-state index is 0.233. The fourth-order valence-corrected chi connectivity index (χ4v) is 2.16. The van der Waals surface area contributed by atoms with Crippen molar-refractivity contribution in [1.29, 1.82) is 0 Å². The van der Waals surface area contributed by atoms with Gasteiger partial charge in [0.2, 0.25) is 11.7 Å². The SMILES string of the molecule is CC(=O)Nc1cccc(C(=O)OC(C)C(=O)c2ccc(C)cc2)c1. The molecule has 0 spiro atoms. The van der Waals surface area contributed by atoms with Crippen LogP contribution in [0.15, 0.2) is 48.5 Å². The molecule has 0 aliphatic carbocycles. The number of amides is 1. The van der Waals surface area contributed by atoms with E-state index in [2.05, 4.69) is 5.32 Å². The van der Waals surface area contributed by atoms with E-state index in [1.54, 1.807) is 30.3 Å². The Hall–Kier alpha value is -2.95. The van der Waals surface area contributed by atoms with Gasteiger partial charge in [0, 0.05) is 18.2 Å². The first kappa shape index (κ1) is 17.4. The van der Waals surface area contributed by atoms with Crippen molar-refractivity contribution in [2.45, 2.75) is 26.9 Å². The van der Waals surface area contributed by atoms with Crippen molar-refractivity contribution in [3.63, 3.8) is 0 Å². The highest BCUT2D eigenvalue weighted by atomic mass is 16.5. The third-order valence-electron chi connectivity index (χ3n) is 3.41. The number of anilines is 1. The zero-order chi connectivity index (χ0) is 17.7. The lowest BCUT2D eigenvalue weighted by Gasteiger charge is -2.13. The minimum Gasteiger partial charge on any atom is -0.451 e. The van der Waals surface area contributed by atoms with Crippen molar-refractivity contribution in [1.82, 2.24) is 0 Å². The quantitative estimate of drug-likeness (QED) is 0.675. The Morgan fingerprint density at radius 2 is 1.67 bits per heavy atom. The van der Waals surface area contributed by atoms with Crippen molar-refractivity contribution >= 4 is 23.3 Å². The molecule has 2 aromatic rings. The maximum Gasteiger partial charge on any atom is 0.338 e. The van der Waals surface area contributed by atoms with Crippen molar-refractivity contribution in [2.75, 3.05) is 5.32 Å². The highest BCUT2D eigenvalue weighted by molar-refractivity contribution is 6.01. The molecule has 5 heteroatoms. The van der Waals surface area contributed by atoms with Gasteiger partial charge in [0.25, 0.3) is 0 Å². The molecule has 0 saturated carbocycles. The van der Waals surface area contributed by atoms with E-state index in [4.69, 9.17) is 4.74 Å². The number of carbonyl (C=O) groups excluding carboxylic acids is 3. The Morgan fingerprint density at radius 3 is 2.29 bits per heavy atom. The van der Waals surface area contributed by atoms with E-state index < -0.39 is 12.1 Å². The van der Waals surface area contributed by atoms with Crippen LogP contribution in [0.5, 0.6) is 0 Å². The Kier molecular flexibility index (Phi) is 5.47. The summed E-state index contributed by atoms with van der Waals surface area (Å²) in [5.74, 6) is -1.11. The molecule has 0 radical (unpaired) electrons. The molecule has 5 nitrogen and oxygen atoms in total. The van der Waals surface area contributed by atoms with E-state index in [-0.39, 0.29) is 17.3 Å². The van der Waals surface area contributed by atoms with Gasteiger partial charge in [0.15, 0.2) is 6.10 Å². The molecule has 24 heavy (non-hydrogen) atoms. The van der Waals surface area contributed by atoms with Gasteiger partial charge in [-0.2, -0.15) is 0 Å². The second-order valence-corrected chi connectivity index (χ2v) is 5.54. The van der Waals surface area contributed by atoms with Crippen LogP contribution in [0.25, 0.3) is 0 Å². The van der Waals surface area contributed by atoms with Gasteiger partial charge in [-0.15, -0.1) is 0 Å². The molecule has 0 heterocycles. The summed E-state index contributed by atoms with van der Waals surface area (Å²) >= 11 is 0. The molecule has 0 saturated heterocycles. The molecule has 0 aromatic heterocycles. The van der Waals surface area contributed by atoms with Crippen LogP contribution in [0.2, 0.25) is 0 Å². The summed E-state index contributed by atoms with van der Waals surface area (Å²) in [7, 11) is 0. The molecular weight excluding hydrogens is 306 g/mol. The van der Waals surface area contributed by atoms with Gasteiger partial charge in [-0.25, -0.2) is 4.79 Å². The number of nitrogens with one attached hydrogen (secondary N) is 1. The molecule has 1 amide bonds. The molecule has 1 N–H and O–H groups in total. The number of esters is 1. The third-order valence-corrected chi connectivity index (χ3v) is 3.41. The number of hydrogen-bond donors (Lipinski definition) is 1. The summed E-state index contributed by atoms with van der Waals surface area (Å²) in [4.78, 5) is 35.6. The minimum atomic E-state index is -0.898. The number of aryl methyl sites for hydroxylation is 1. The summed E-state index contributed by atoms with van der Waals surface area (Å²) < 4.78 is 5.24. The molecule has 0 aliphatic rings. The van der Waals surface area contributed by atoms with E-state index in [1.807, 2.05) is 19.1 Å². The van der Waals surface area contributed by atoms with Crippen LogP contribution in [-0.2, 0) is 9.53 Å². The van der Waals surface area contributed by atoms with Crippen LogP contribution < -0.4 is 5.32 Å². The number of benzene rings is 2. The summed E-state index contributed by atoms with van der Waals surface area (Å²) in [5.41, 5.74) is 2.30. The van der Waals surface area contributed by atoms with Crippen molar-refractivity contribution in [3.8, 4) is 0 Å². The van der Waals surface area contributed by atoms with Gasteiger partial charge < -0.3 is 10.1 Å². The van der Waals surface area contributed by atoms with Crippen LogP contribution in [-0.4, -0.2) is 23.8 Å². The van der Waals surface area contributed by atoms with Crippen molar-refractivity contribution < 1.29 is 19.1 Å². The third kappa shape index (κ3) is 4.52. The first-order chi connectivity index (χ1) is 11.4. The summed E-state index contributed by atoms with van der Waals surface area (Å²) in [5, 5.41) is 2.59. The fourth-order valence-electron chi connectivity index (χ4n) is 2.16. The van der Waals surface area contributed by atoms with Gasteiger partial charge in [-0.05, 0) is 32.0 Å². The Bertz CT molecular complexity index is 765. The largest absolute Gasteiger partial charge is 0.451 e. The zero-order valence-electron chi connectivity index (χ0n) is 13.8. The Morgan fingerprint density at radius 1 is 1.00 bits per heavy atom. The highest BCUT2D eigenvalue weighted by Gasteiger charge is 2.20. The smallest absolute Gasteiger partial charge is 0.338 e. The van der Waals surface area contributed by atoms with Gasteiger partial charge >= 0.3 is 5.97 Å². The molecule has 124 valence electrons. The fraction of sp³-hybridized carbons (Fsp3) is 0.211. The number of ketones is 1. The number of carbonyl (C=O) groups is 3. The van der Waals surface area contributed by atoms with Crippen LogP contribution in [0.1, 0.15) is 40.1 Å². The summed E-state index contributed by atoms with van der Waals surface area (Å²) in [6.07, 6.45) is -0.898. The second kappa shape index (κ2) is 7.55. The van der Waals surface area contributed by atoms with Gasteiger partial charge in [-0.1, -0.05) is 35.9 Å². The van der Waals surface area contributed by atoms with E-state index in [0.29, 0.717) is 11.3 Å². The lowest BCUT2D eigenvalue weighted by molar-refractivity contribution is -0.114. The average Bonchev–Trinajstić information content (AvgIpc) is 2.54. The van der Waals surface area contributed by atoms with Gasteiger partial charge in [-0.3, -0.25) is 9.59 Å². The second-order valence-electron chi connectivity index (χ2n) is 5.54. The monoisotopic (exact) mass is 325 g/mol. The molecular formula is C19H19NO4. The maximum atomic E-state index is 12.3. The Balaban J connectivity index is 2.07. The van der Waals surface area contributed by atoms with E-state index in [1.165, 1.54) is 19.9 Å². The Labute approximate surface area is 140 Å². The molecule has 1 atom stereocenters. The van der Waals surface area contributed by atoms with Crippen LogP contribution in [0.4, 0.5) is 5.69 Å². The topological polar surface area (TPSA) is 72.5 Å². The zero-order valence-corrected chi connectivity index (χ0v) is 13.8. The van der Waals surface area contributed by atoms with E-state index in [0.717, 1.165) is 5.56 Å². The molecule has 2 aromatic carbocycles. The van der Waals surface area contributed by atoms with Crippen LogP contribution in [0, 0.1) is 6.92 Å². The molecule has 1 unspecified atom stereocenters. The average molecular weight is 325 g/mol. The van der Waals surface area contributed by atoms with Crippen LogP contribution >= 0.6 is 0 Å². The predicted octanol–water partition coefficient (Wildman–Crippen LogP) is 3.38. The number of ether oxygens (including phenoxy) is 1. The van der Waals surface area contributed by atoms with Gasteiger partial charge in [0.1, 0.15) is 0 Å². The maximum absolute atomic E-state index is 12.3. The first-order valence-electron chi connectivity index (χ1n) is 7.56. The molecule has 2 rings (SSSR count). The lowest BCUT2D eigenvalue weighted by Crippen LogP contribution is -2.24. The standard InChI is InChI=1S/C19H19NO4/c1-12-7-9-15(10-8-12)18(22)13(2)24-19(23)16-5-4-6-17(11-16)20-14(3)21/h4-11,13H,1-3H3,(H,20,21). The first-order valence-corrected chi connectivity index (χ1v) is 7.56. The predicted molar refractivity (Wildman–Crippen MR) is 91.1 cm³/mol. The normalized spacial score (nSPS) is 11.5. The molecule has 0 bridgehead atoms. The van der Waals surface area contributed by atoms with Crippen LogP contribution in [0.3, 0.4) is 0 Å².